The van der Waals surface area contributed by atoms with E-state index < -0.39 is 5.76 Å². The summed E-state index contributed by atoms with van der Waals surface area (Å²) >= 11 is 0.507. The molecule has 114 valence electrons. The molecule has 21 heavy (non-hydrogen) atoms. The maximum Gasteiger partial charge on any atom is 0.288 e. The van der Waals surface area contributed by atoms with Crippen molar-refractivity contribution in [3.63, 3.8) is 0 Å². The number of nitrogens with zero attached hydrogens (tertiary/aromatic N) is 2. The molecular formula is C14H18F2N4S. The fourth-order valence-electron chi connectivity index (χ4n) is 2.06. The van der Waals surface area contributed by atoms with Gasteiger partial charge in [-0.25, -0.2) is 0 Å². The van der Waals surface area contributed by atoms with Crippen molar-refractivity contribution in [3.8, 4) is 0 Å². The van der Waals surface area contributed by atoms with Gasteiger partial charge in [0.15, 0.2) is 5.82 Å². The molecule has 0 radical (unpaired) electrons. The number of thioether (sulfide) groups is 1. The molecule has 0 unspecified atom stereocenters. The smallest absolute Gasteiger partial charge is 0.288 e. The first kappa shape index (κ1) is 15.6. The molecule has 0 atom stereocenters. The van der Waals surface area contributed by atoms with Gasteiger partial charge in [-0.3, -0.25) is 4.68 Å². The molecule has 0 aliphatic heterocycles. The molecule has 0 bridgehead atoms. The lowest BCUT2D eigenvalue weighted by molar-refractivity contribution is 0.252. The lowest BCUT2D eigenvalue weighted by atomic mass is 10.2. The predicted molar refractivity (Wildman–Crippen MR) is 83.2 cm³/mol. The second kappa shape index (κ2) is 6.80. The molecule has 0 saturated heterocycles. The molecule has 1 aromatic heterocycles. The van der Waals surface area contributed by atoms with E-state index in [-0.39, 0.29) is 0 Å². The fraction of sp³-hybridized carbons (Fsp3) is 0.357. The number of hydrogen-bond donors (Lipinski definition) is 2. The lowest BCUT2D eigenvalue weighted by Crippen LogP contribution is -2.02. The SMILES string of the molecule is CCCc1nn(C)c(Nc2ccccc2SC(F)F)c1N. The number of nitrogen functional groups attached to an aromatic ring is 1. The highest BCUT2D eigenvalue weighted by Gasteiger charge is 2.15. The zero-order chi connectivity index (χ0) is 15.4. The third-order valence-electron chi connectivity index (χ3n) is 3.00. The standard InChI is InChI=1S/C14H18F2N4S/c1-3-6-10-12(17)13(20(2)19-10)18-9-7-4-5-8-11(9)21-14(15)16/h4-5,7-8,14,18H,3,6,17H2,1-2H3. The number of aryl methyl sites for hydroxylation is 2. The summed E-state index contributed by atoms with van der Waals surface area (Å²) in [6.07, 6.45) is 1.73. The summed E-state index contributed by atoms with van der Waals surface area (Å²) < 4.78 is 26.8. The zero-order valence-corrected chi connectivity index (χ0v) is 12.8. The Kier molecular flexibility index (Phi) is 5.06. The minimum Gasteiger partial charge on any atom is -0.394 e. The molecule has 0 aliphatic rings. The van der Waals surface area contributed by atoms with Crippen molar-refractivity contribution in [2.75, 3.05) is 11.1 Å². The van der Waals surface area contributed by atoms with Crippen molar-refractivity contribution >= 4 is 29.0 Å². The first-order valence-electron chi connectivity index (χ1n) is 6.65. The van der Waals surface area contributed by atoms with Crippen LogP contribution < -0.4 is 11.1 Å². The predicted octanol–water partition coefficient (Wildman–Crippen LogP) is 4.01. The largest absolute Gasteiger partial charge is 0.394 e. The molecule has 0 saturated carbocycles. The summed E-state index contributed by atoms with van der Waals surface area (Å²) in [4.78, 5) is 0.477. The van der Waals surface area contributed by atoms with Gasteiger partial charge in [0.2, 0.25) is 0 Å². The summed E-state index contributed by atoms with van der Waals surface area (Å²) in [6.45, 7) is 2.05. The highest BCUT2D eigenvalue weighted by Crippen LogP contribution is 2.35. The molecule has 0 fully saturated rings. The van der Waals surface area contributed by atoms with Crippen molar-refractivity contribution in [3.05, 3.63) is 30.0 Å². The number of nitrogens with one attached hydrogen (secondary N) is 1. The molecule has 0 aliphatic carbocycles. The number of aromatic nitrogens is 2. The number of nitrogens with two attached hydrogens (primary N) is 1. The number of rotatable bonds is 6. The number of alkyl halides is 2. The van der Waals surface area contributed by atoms with Crippen LogP contribution in [0, 0.1) is 0 Å². The Labute approximate surface area is 126 Å². The fourth-order valence-corrected chi connectivity index (χ4v) is 2.66. The number of hydrogen-bond acceptors (Lipinski definition) is 4. The Morgan fingerprint density at radius 2 is 2.10 bits per heavy atom. The second-order valence-electron chi connectivity index (χ2n) is 4.58. The van der Waals surface area contributed by atoms with Gasteiger partial charge in [0.1, 0.15) is 0 Å². The maximum atomic E-state index is 12.6. The topological polar surface area (TPSA) is 55.9 Å². The van der Waals surface area contributed by atoms with Crippen LogP contribution in [0.3, 0.4) is 0 Å². The van der Waals surface area contributed by atoms with E-state index in [0.717, 1.165) is 18.5 Å². The third-order valence-corrected chi connectivity index (χ3v) is 3.79. The van der Waals surface area contributed by atoms with Crippen LogP contribution in [-0.4, -0.2) is 15.5 Å². The van der Waals surface area contributed by atoms with Crippen LogP contribution in [0.4, 0.5) is 26.0 Å². The molecule has 0 spiro atoms. The van der Waals surface area contributed by atoms with Gasteiger partial charge in [-0.2, -0.15) is 13.9 Å². The van der Waals surface area contributed by atoms with Crippen LogP contribution in [0.5, 0.6) is 0 Å². The van der Waals surface area contributed by atoms with Crippen LogP contribution in [0.25, 0.3) is 0 Å². The molecule has 0 amide bonds. The average molecular weight is 312 g/mol. The van der Waals surface area contributed by atoms with Crippen molar-refractivity contribution in [2.24, 2.45) is 7.05 Å². The second-order valence-corrected chi connectivity index (χ2v) is 5.61. The summed E-state index contributed by atoms with van der Waals surface area (Å²) in [7, 11) is 1.78. The van der Waals surface area contributed by atoms with Gasteiger partial charge in [-0.1, -0.05) is 37.2 Å². The van der Waals surface area contributed by atoms with Gasteiger partial charge in [0.25, 0.3) is 5.76 Å². The van der Waals surface area contributed by atoms with Crippen molar-refractivity contribution in [1.82, 2.24) is 9.78 Å². The van der Waals surface area contributed by atoms with Gasteiger partial charge in [-0.15, -0.1) is 0 Å². The van der Waals surface area contributed by atoms with Crippen LogP contribution in [-0.2, 0) is 13.5 Å². The van der Waals surface area contributed by atoms with Gasteiger partial charge in [-0.05, 0) is 18.6 Å². The minimum absolute atomic E-state index is 0.477. The number of benzene rings is 1. The monoisotopic (exact) mass is 312 g/mol. The van der Waals surface area contributed by atoms with E-state index in [9.17, 15) is 8.78 Å². The Balaban J connectivity index is 2.30. The van der Waals surface area contributed by atoms with Gasteiger partial charge in [0, 0.05) is 11.9 Å². The molecule has 1 aromatic carbocycles. The summed E-state index contributed by atoms with van der Waals surface area (Å²) in [5, 5.41) is 7.48. The van der Waals surface area contributed by atoms with Crippen molar-refractivity contribution in [2.45, 2.75) is 30.4 Å². The average Bonchev–Trinajstić information content (AvgIpc) is 2.68. The van der Waals surface area contributed by atoms with E-state index in [4.69, 9.17) is 5.73 Å². The number of anilines is 3. The maximum absolute atomic E-state index is 12.6. The Morgan fingerprint density at radius 1 is 1.38 bits per heavy atom. The van der Waals surface area contributed by atoms with Crippen molar-refractivity contribution in [1.29, 1.82) is 0 Å². The van der Waals surface area contributed by atoms with Crippen LogP contribution in [0.2, 0.25) is 0 Å². The van der Waals surface area contributed by atoms with Gasteiger partial charge >= 0.3 is 0 Å². The first-order chi connectivity index (χ1) is 10.0. The molecule has 4 nitrogen and oxygen atoms in total. The highest BCUT2D eigenvalue weighted by molar-refractivity contribution is 7.99. The third kappa shape index (κ3) is 3.66. The Hall–Kier alpha value is -1.76. The van der Waals surface area contributed by atoms with Crippen LogP contribution >= 0.6 is 11.8 Å². The summed E-state index contributed by atoms with van der Waals surface area (Å²) in [6, 6.07) is 6.91. The molecule has 2 rings (SSSR count). The molecule has 1 heterocycles. The zero-order valence-electron chi connectivity index (χ0n) is 11.9. The Morgan fingerprint density at radius 3 is 2.76 bits per heavy atom. The molecular weight excluding hydrogens is 294 g/mol. The van der Waals surface area contributed by atoms with Crippen LogP contribution in [0.1, 0.15) is 19.0 Å². The van der Waals surface area contributed by atoms with Crippen LogP contribution in [0.15, 0.2) is 29.2 Å². The van der Waals surface area contributed by atoms with Gasteiger partial charge in [0.05, 0.1) is 17.1 Å². The lowest BCUT2D eigenvalue weighted by Gasteiger charge is -2.12. The van der Waals surface area contributed by atoms with E-state index in [1.807, 2.05) is 0 Å². The molecule has 3 N–H and O–H groups in total. The minimum atomic E-state index is -2.47. The summed E-state index contributed by atoms with van der Waals surface area (Å²) in [5.41, 5.74) is 8.07. The van der Waals surface area contributed by atoms with Gasteiger partial charge < -0.3 is 11.1 Å². The van der Waals surface area contributed by atoms with Crippen molar-refractivity contribution < 1.29 is 8.78 Å². The number of halogens is 2. The quantitative estimate of drug-likeness (QED) is 0.791. The highest BCUT2D eigenvalue weighted by atomic mass is 32.2. The van der Waals surface area contributed by atoms with E-state index >= 15 is 0 Å². The molecule has 2 aromatic rings. The van der Waals surface area contributed by atoms with E-state index in [0.29, 0.717) is 33.9 Å². The summed E-state index contributed by atoms with van der Waals surface area (Å²) in [5.74, 6) is -1.84. The van der Waals surface area contributed by atoms with E-state index in [1.165, 1.54) is 0 Å². The van der Waals surface area contributed by atoms with E-state index in [1.54, 1.807) is 36.0 Å². The van der Waals surface area contributed by atoms with E-state index in [2.05, 4.69) is 17.3 Å². The first-order valence-corrected chi connectivity index (χ1v) is 7.53. The normalized spacial score (nSPS) is 11.1. The number of para-hydroxylation sites is 1. The molecule has 7 heteroatoms. The Bertz CT molecular complexity index is 613.